The van der Waals surface area contributed by atoms with Crippen molar-refractivity contribution in [3.8, 4) is 0 Å². The Morgan fingerprint density at radius 3 is 2.43 bits per heavy atom. The van der Waals surface area contributed by atoms with E-state index in [1.165, 1.54) is 12.1 Å². The molecule has 198 valence electrons. The summed E-state index contributed by atoms with van der Waals surface area (Å²) in [7, 11) is -10.0. The Bertz CT molecular complexity index is 1490. The van der Waals surface area contributed by atoms with E-state index in [1.54, 1.807) is 12.1 Å². The monoisotopic (exact) mass is 545 g/mol. The van der Waals surface area contributed by atoms with Crippen LogP contribution in [-0.4, -0.2) is 32.4 Å². The normalized spacial score (nSPS) is 19.4. The molecule has 1 atom stereocenters. The molecule has 13 heteroatoms. The maximum absolute atomic E-state index is 13.8. The van der Waals surface area contributed by atoms with E-state index in [9.17, 15) is 38.5 Å². The van der Waals surface area contributed by atoms with E-state index in [-0.39, 0.29) is 37.2 Å². The van der Waals surface area contributed by atoms with Crippen LogP contribution in [0.15, 0.2) is 58.2 Å². The second-order valence-corrected chi connectivity index (χ2v) is 11.8. The minimum Gasteiger partial charge on any atom is -0.378 e. The third kappa shape index (κ3) is 4.73. The SMILES string of the molecule is O=C(C(O)c1cccc(S(F)(F)(F)(F)F)c1)N1CCc2nc(C3(c4cccc(F)c4)CC3)[nH]c(=O)c2C1. The molecule has 0 saturated heterocycles. The number of aliphatic hydroxyl groups excluding tert-OH is 1. The van der Waals surface area contributed by atoms with Crippen LogP contribution in [-0.2, 0) is 23.2 Å². The summed E-state index contributed by atoms with van der Waals surface area (Å²) in [5.41, 5.74) is -0.547. The van der Waals surface area contributed by atoms with E-state index in [2.05, 4.69) is 9.97 Å². The van der Waals surface area contributed by atoms with E-state index in [0.717, 1.165) is 11.0 Å². The average Bonchev–Trinajstić information content (AvgIpc) is 3.64. The van der Waals surface area contributed by atoms with Crippen LogP contribution in [0.3, 0.4) is 0 Å². The highest BCUT2D eigenvalue weighted by atomic mass is 32.5. The molecule has 5 rings (SSSR count). The van der Waals surface area contributed by atoms with Gasteiger partial charge < -0.3 is 15.0 Å². The lowest BCUT2D eigenvalue weighted by atomic mass is 9.94. The third-order valence-corrected chi connectivity index (χ3v) is 7.96. The molecular formula is C24H21F6N3O3S. The molecule has 1 saturated carbocycles. The van der Waals surface area contributed by atoms with Gasteiger partial charge in [-0.05, 0) is 48.2 Å². The van der Waals surface area contributed by atoms with Gasteiger partial charge in [-0.1, -0.05) is 43.7 Å². The molecule has 2 N–H and O–H groups in total. The average molecular weight is 546 g/mol. The van der Waals surface area contributed by atoms with Gasteiger partial charge in [0.15, 0.2) is 6.10 Å². The molecule has 1 aromatic heterocycles. The summed E-state index contributed by atoms with van der Waals surface area (Å²) >= 11 is 0. The van der Waals surface area contributed by atoms with Gasteiger partial charge in [0.05, 0.1) is 23.2 Å². The van der Waals surface area contributed by atoms with Gasteiger partial charge in [-0.2, -0.15) is 0 Å². The summed E-state index contributed by atoms with van der Waals surface area (Å²) in [6.45, 7) is -0.283. The Morgan fingerprint density at radius 2 is 1.78 bits per heavy atom. The van der Waals surface area contributed by atoms with E-state index in [1.807, 2.05) is 0 Å². The lowest BCUT2D eigenvalue weighted by molar-refractivity contribution is -0.141. The molecule has 2 aliphatic rings. The highest BCUT2D eigenvalue weighted by Crippen LogP contribution is 3.02. The van der Waals surface area contributed by atoms with Crippen LogP contribution in [0.4, 0.5) is 23.8 Å². The molecule has 1 fully saturated rings. The number of aliphatic hydroxyl groups is 1. The quantitative estimate of drug-likeness (QED) is 0.428. The van der Waals surface area contributed by atoms with E-state index >= 15 is 0 Å². The smallest absolute Gasteiger partial charge is 0.310 e. The highest BCUT2D eigenvalue weighted by molar-refractivity contribution is 8.45. The number of rotatable bonds is 5. The van der Waals surface area contributed by atoms with Crippen LogP contribution in [0.5, 0.6) is 0 Å². The molecule has 3 aromatic rings. The van der Waals surface area contributed by atoms with E-state index < -0.39 is 49.5 Å². The number of hydrogen-bond donors (Lipinski definition) is 2. The van der Waals surface area contributed by atoms with Crippen molar-refractivity contribution < 1.29 is 33.7 Å². The van der Waals surface area contributed by atoms with Crippen LogP contribution in [0, 0.1) is 5.82 Å². The first kappa shape index (κ1) is 25.3. The van der Waals surface area contributed by atoms with Crippen molar-refractivity contribution in [2.45, 2.75) is 42.2 Å². The predicted octanol–water partition coefficient (Wildman–Crippen LogP) is 5.26. The van der Waals surface area contributed by atoms with Gasteiger partial charge in [0, 0.05) is 13.0 Å². The number of benzene rings is 2. The van der Waals surface area contributed by atoms with Gasteiger partial charge in [0.2, 0.25) is 0 Å². The second kappa shape index (κ2) is 7.60. The summed E-state index contributed by atoms with van der Waals surface area (Å²) in [5, 5.41) is 10.4. The second-order valence-electron chi connectivity index (χ2n) is 9.39. The zero-order chi connectivity index (χ0) is 26.9. The van der Waals surface area contributed by atoms with Crippen LogP contribution in [0.1, 0.15) is 47.2 Å². The number of hydrogen-bond acceptors (Lipinski definition) is 4. The van der Waals surface area contributed by atoms with Crippen molar-refractivity contribution in [2.24, 2.45) is 0 Å². The minimum absolute atomic E-state index is 0.00695. The predicted molar refractivity (Wildman–Crippen MR) is 123 cm³/mol. The Labute approximate surface area is 206 Å². The van der Waals surface area contributed by atoms with Gasteiger partial charge in [0.25, 0.3) is 11.5 Å². The Morgan fingerprint density at radius 1 is 1.08 bits per heavy atom. The summed E-state index contributed by atoms with van der Waals surface area (Å²) < 4.78 is 79.6. The molecule has 0 spiro atoms. The fraction of sp³-hybridized carbons (Fsp3) is 0.292. The summed E-state index contributed by atoms with van der Waals surface area (Å²) in [4.78, 5) is 31.9. The first-order chi connectivity index (χ1) is 17.1. The number of carbonyl (C=O) groups is 1. The van der Waals surface area contributed by atoms with E-state index in [4.69, 9.17) is 0 Å². The molecular weight excluding hydrogens is 524 g/mol. The number of H-pyrrole nitrogens is 1. The molecule has 37 heavy (non-hydrogen) atoms. The standard InChI is InChI=1S/C24H21F6N3O3S/c25-16-5-2-4-15(12-16)24(8-9-24)23-31-19-7-10-33(13-18(19)21(35)32-23)22(36)20(34)14-3-1-6-17(11-14)37(26,27,28,29)30/h1-6,11-12,20,34H,7-10,13H2,(H,31,32,35). The number of amides is 1. The van der Waals surface area contributed by atoms with Crippen molar-refractivity contribution in [2.75, 3.05) is 6.54 Å². The number of carbonyl (C=O) groups excluding carboxylic acids is 1. The maximum Gasteiger partial charge on any atom is 0.310 e. The molecule has 2 heterocycles. The van der Waals surface area contributed by atoms with Crippen molar-refractivity contribution in [1.29, 1.82) is 0 Å². The maximum atomic E-state index is 13.8. The van der Waals surface area contributed by atoms with Crippen molar-refractivity contribution in [1.82, 2.24) is 14.9 Å². The molecule has 1 aliphatic heterocycles. The number of halogens is 6. The first-order valence-electron chi connectivity index (χ1n) is 11.3. The molecule has 1 unspecified atom stereocenters. The Hall–Kier alpha value is -3.32. The molecule has 0 bridgehead atoms. The van der Waals surface area contributed by atoms with Crippen LogP contribution in [0.25, 0.3) is 0 Å². The molecule has 1 aliphatic carbocycles. The Kier molecular flexibility index (Phi) is 5.21. The topological polar surface area (TPSA) is 86.3 Å². The molecule has 6 nitrogen and oxygen atoms in total. The number of aromatic nitrogens is 2. The van der Waals surface area contributed by atoms with Gasteiger partial charge in [-0.25, -0.2) is 9.37 Å². The van der Waals surface area contributed by atoms with Crippen molar-refractivity contribution in [3.05, 3.63) is 92.9 Å². The lowest BCUT2D eigenvalue weighted by Crippen LogP contribution is -2.42. The summed E-state index contributed by atoms with van der Waals surface area (Å²) in [6.07, 6.45) is -0.703. The third-order valence-electron chi connectivity index (χ3n) is 6.81. The fourth-order valence-electron chi connectivity index (χ4n) is 4.65. The van der Waals surface area contributed by atoms with Crippen LogP contribution < -0.4 is 5.56 Å². The Balaban J connectivity index is 1.39. The van der Waals surface area contributed by atoms with Crippen molar-refractivity contribution >= 4 is 16.1 Å². The lowest BCUT2D eigenvalue weighted by Gasteiger charge is -2.40. The number of aromatic amines is 1. The summed E-state index contributed by atoms with van der Waals surface area (Å²) in [6, 6.07) is 7.89. The van der Waals surface area contributed by atoms with Crippen LogP contribution in [0.2, 0.25) is 0 Å². The van der Waals surface area contributed by atoms with Gasteiger partial charge in [-0.3, -0.25) is 9.59 Å². The molecule has 1 amide bonds. The zero-order valence-corrected chi connectivity index (χ0v) is 19.9. The minimum atomic E-state index is -10.0. The van der Waals surface area contributed by atoms with Crippen LogP contribution >= 0.6 is 10.2 Å². The zero-order valence-electron chi connectivity index (χ0n) is 19.1. The van der Waals surface area contributed by atoms with Gasteiger partial charge >= 0.3 is 10.2 Å². The highest BCUT2D eigenvalue weighted by Gasteiger charge is 2.65. The van der Waals surface area contributed by atoms with Gasteiger partial charge in [0.1, 0.15) is 16.5 Å². The number of nitrogens with one attached hydrogen (secondary N) is 1. The summed E-state index contributed by atoms with van der Waals surface area (Å²) in [5.74, 6) is -1.07. The van der Waals surface area contributed by atoms with E-state index in [0.29, 0.717) is 36.0 Å². The first-order valence-corrected chi connectivity index (χ1v) is 13.2. The number of fused-ring (bicyclic) bond motifs is 1. The van der Waals surface area contributed by atoms with Gasteiger partial charge in [-0.15, -0.1) is 0 Å². The van der Waals surface area contributed by atoms with Crippen molar-refractivity contribution in [3.63, 3.8) is 0 Å². The molecule has 2 aromatic carbocycles. The molecule has 0 radical (unpaired) electrons. The largest absolute Gasteiger partial charge is 0.378 e. The number of nitrogens with zero attached hydrogens (tertiary/aromatic N) is 2. The fourth-order valence-corrected chi connectivity index (χ4v) is 5.35.